The van der Waals surface area contributed by atoms with Crippen LogP contribution in [0.4, 0.5) is 0 Å². The molecule has 1 saturated heterocycles. The SMILES string of the molecule is Cl/C=C1\[Si]2(CCCCC2)C(Cl)=C[Te]1(Cl)Cl. The van der Waals surface area contributed by atoms with Crippen molar-refractivity contribution in [3.05, 3.63) is 17.6 Å². The molecule has 15 heavy (non-hydrogen) atoms. The van der Waals surface area contributed by atoms with Crippen molar-refractivity contribution < 1.29 is 0 Å². The fourth-order valence-corrected chi connectivity index (χ4v) is 32.5. The maximum atomic E-state index is 6.43. The van der Waals surface area contributed by atoms with Gasteiger partial charge in [0.1, 0.15) is 0 Å². The number of hydrogen-bond acceptors (Lipinski definition) is 0. The van der Waals surface area contributed by atoms with Crippen LogP contribution < -0.4 is 0 Å². The average molecular weight is 418 g/mol. The summed E-state index contributed by atoms with van der Waals surface area (Å²) in [6.07, 6.45) is 3.80. The summed E-state index contributed by atoms with van der Waals surface area (Å²) >= 11 is 9.35. The molecule has 0 radical (unpaired) electrons. The van der Waals surface area contributed by atoms with Gasteiger partial charge in [-0.15, -0.1) is 0 Å². The van der Waals surface area contributed by atoms with Crippen molar-refractivity contribution >= 4 is 65.1 Å². The molecule has 0 nitrogen and oxygen atoms in total. The predicted molar refractivity (Wildman–Crippen MR) is 74.6 cm³/mol. The van der Waals surface area contributed by atoms with E-state index in [1.54, 1.807) is 5.54 Å². The van der Waals surface area contributed by atoms with Gasteiger partial charge in [-0.05, 0) is 0 Å². The second-order valence-corrected chi connectivity index (χ2v) is 22.8. The Morgan fingerprint density at radius 3 is 2.33 bits per heavy atom. The molecule has 2 aliphatic heterocycles. The van der Waals surface area contributed by atoms with Crippen LogP contribution >= 0.6 is 41.1 Å². The minimum atomic E-state index is -3.00. The Morgan fingerprint density at radius 1 is 1.20 bits per heavy atom. The first-order valence-corrected chi connectivity index (χ1v) is 16.6. The van der Waals surface area contributed by atoms with Gasteiger partial charge in [-0.25, -0.2) is 0 Å². The topological polar surface area (TPSA) is 0 Å². The molecular formula is C9H12Cl4SiTe. The average Bonchev–Trinajstić information content (AvgIpc) is 2.35. The van der Waals surface area contributed by atoms with E-state index in [4.69, 9.17) is 41.1 Å². The molecule has 86 valence electrons. The van der Waals surface area contributed by atoms with Crippen molar-refractivity contribution in [1.29, 1.82) is 0 Å². The third-order valence-electron chi connectivity index (χ3n) is 3.28. The van der Waals surface area contributed by atoms with Crippen LogP contribution in [0.5, 0.6) is 0 Å². The minimum absolute atomic E-state index is 0.986. The van der Waals surface area contributed by atoms with E-state index in [1.165, 1.54) is 34.6 Å². The Balaban J connectivity index is 2.43. The third-order valence-corrected chi connectivity index (χ3v) is 25.1. The molecule has 1 spiro atoms. The second-order valence-electron chi connectivity index (χ2n) is 4.09. The van der Waals surface area contributed by atoms with Gasteiger partial charge in [-0.1, -0.05) is 0 Å². The van der Waals surface area contributed by atoms with Crippen LogP contribution in [0, 0.1) is 0 Å². The summed E-state index contributed by atoms with van der Waals surface area (Å²) < 4.78 is 4.14. The van der Waals surface area contributed by atoms with E-state index in [1.807, 2.05) is 4.12 Å². The van der Waals surface area contributed by atoms with E-state index < -0.39 is 24.0 Å². The zero-order chi connectivity index (χ0) is 11.1. The Kier molecular flexibility index (Phi) is 4.12. The van der Waals surface area contributed by atoms with E-state index in [0.717, 1.165) is 4.66 Å². The van der Waals surface area contributed by atoms with Gasteiger partial charge in [0, 0.05) is 0 Å². The molecule has 0 atom stereocenters. The second kappa shape index (κ2) is 4.73. The first-order chi connectivity index (χ1) is 7.03. The fraction of sp³-hybridized carbons (Fsp3) is 0.556. The quantitative estimate of drug-likeness (QED) is 0.489. The molecule has 6 heteroatoms. The predicted octanol–water partition coefficient (Wildman–Crippen LogP) is 4.95. The van der Waals surface area contributed by atoms with Crippen LogP contribution in [-0.4, -0.2) is 24.0 Å². The van der Waals surface area contributed by atoms with Gasteiger partial charge in [0.05, 0.1) is 0 Å². The van der Waals surface area contributed by atoms with Crippen LogP contribution in [-0.2, 0) is 0 Å². The van der Waals surface area contributed by atoms with Gasteiger partial charge >= 0.3 is 114 Å². The Labute approximate surface area is 113 Å². The monoisotopic (exact) mass is 418 g/mol. The molecular weight excluding hydrogens is 406 g/mol. The van der Waals surface area contributed by atoms with E-state index in [9.17, 15) is 0 Å². The van der Waals surface area contributed by atoms with E-state index in [0.29, 0.717) is 0 Å². The third kappa shape index (κ3) is 2.17. The van der Waals surface area contributed by atoms with Crippen LogP contribution in [0.15, 0.2) is 17.6 Å². The van der Waals surface area contributed by atoms with Crippen molar-refractivity contribution in [3.8, 4) is 0 Å². The molecule has 2 aliphatic rings. The summed E-state index contributed by atoms with van der Waals surface area (Å²) in [5.74, 6) is 0. The van der Waals surface area contributed by atoms with Crippen LogP contribution in [0.1, 0.15) is 19.3 Å². The van der Waals surface area contributed by atoms with Crippen molar-refractivity contribution in [3.63, 3.8) is 0 Å². The summed E-state index contributed by atoms with van der Waals surface area (Å²) in [6, 6.07) is 2.38. The van der Waals surface area contributed by atoms with E-state index in [-0.39, 0.29) is 0 Å². The molecule has 0 aromatic carbocycles. The summed E-state index contributed by atoms with van der Waals surface area (Å²) in [5.41, 5.74) is 1.66. The van der Waals surface area contributed by atoms with Crippen molar-refractivity contribution in [2.45, 2.75) is 31.4 Å². The molecule has 0 saturated carbocycles. The standard InChI is InChI=1S/C9H12Cl4SiTe/c10-6-9-14(4-2-1-3-5-14)8(11)7-15(9,12)13/h6-7H,1-5H2/b9-6+. The van der Waals surface area contributed by atoms with Crippen LogP contribution in [0.3, 0.4) is 0 Å². The Morgan fingerprint density at radius 2 is 1.80 bits per heavy atom. The Hall–Kier alpha value is 1.65. The summed E-state index contributed by atoms with van der Waals surface area (Å²) in [5, 5.41) is 0. The van der Waals surface area contributed by atoms with Crippen molar-refractivity contribution in [2.24, 2.45) is 0 Å². The van der Waals surface area contributed by atoms with Crippen LogP contribution in [0.2, 0.25) is 12.1 Å². The fourth-order valence-electron chi connectivity index (χ4n) is 2.49. The van der Waals surface area contributed by atoms with Gasteiger partial charge in [-0.3, -0.25) is 0 Å². The molecule has 0 unspecified atom stereocenters. The molecule has 2 heterocycles. The molecule has 2 rings (SSSR count). The summed E-state index contributed by atoms with van der Waals surface area (Å²) in [6.45, 7) is 0. The van der Waals surface area contributed by atoms with Gasteiger partial charge in [0.2, 0.25) is 0 Å². The molecule has 0 N–H and O–H groups in total. The number of rotatable bonds is 0. The molecule has 0 aromatic heterocycles. The summed E-state index contributed by atoms with van der Waals surface area (Å²) in [7, 11) is 11.1. The molecule has 0 aliphatic carbocycles. The normalized spacial score (nSPS) is 33.1. The van der Waals surface area contributed by atoms with Gasteiger partial charge in [0.25, 0.3) is 0 Å². The number of hydrogen-bond donors (Lipinski definition) is 0. The first kappa shape index (κ1) is 13.1. The zero-order valence-corrected chi connectivity index (χ0v) is 14.5. The summed E-state index contributed by atoms with van der Waals surface area (Å²) in [4.78, 5) is 0. The zero-order valence-electron chi connectivity index (χ0n) is 8.11. The molecule has 0 amide bonds. The van der Waals surface area contributed by atoms with E-state index >= 15 is 0 Å². The van der Waals surface area contributed by atoms with Gasteiger partial charge < -0.3 is 0 Å². The van der Waals surface area contributed by atoms with Gasteiger partial charge in [-0.2, -0.15) is 0 Å². The van der Waals surface area contributed by atoms with Crippen LogP contribution in [0.25, 0.3) is 0 Å². The molecule has 1 fully saturated rings. The van der Waals surface area contributed by atoms with Crippen molar-refractivity contribution in [1.82, 2.24) is 0 Å². The van der Waals surface area contributed by atoms with Gasteiger partial charge in [0.15, 0.2) is 0 Å². The number of halogens is 4. The molecule has 0 aromatic rings. The van der Waals surface area contributed by atoms with E-state index in [2.05, 4.69) is 0 Å². The first-order valence-electron chi connectivity index (χ1n) is 4.94. The maximum absolute atomic E-state index is 6.43. The molecule has 0 bridgehead atoms. The van der Waals surface area contributed by atoms with Crippen molar-refractivity contribution in [2.75, 3.05) is 0 Å². The Bertz CT molecular complexity index is 331.